The Bertz CT molecular complexity index is 476. The zero-order chi connectivity index (χ0) is 17.3. The second-order valence-electron chi connectivity index (χ2n) is 4.22. The van der Waals surface area contributed by atoms with Gasteiger partial charge in [-0.1, -0.05) is 5.92 Å². The van der Waals surface area contributed by atoms with Crippen molar-refractivity contribution in [2.45, 2.75) is 46.0 Å². The summed E-state index contributed by atoms with van der Waals surface area (Å²) in [6.45, 7) is 4.07. The Balaban J connectivity index is 5.36. The molecule has 0 aromatic rings. The van der Waals surface area contributed by atoms with E-state index in [2.05, 4.69) is 5.92 Å². The lowest BCUT2D eigenvalue weighted by molar-refractivity contribution is -0.184. The van der Waals surface area contributed by atoms with Gasteiger partial charge in [-0.15, -0.1) is 6.42 Å². The van der Waals surface area contributed by atoms with Crippen LogP contribution < -0.4 is 0 Å². The molecule has 0 saturated heterocycles. The molecule has 0 bridgehead atoms. The molecule has 0 aromatic heterocycles. The van der Waals surface area contributed by atoms with Gasteiger partial charge in [-0.05, 0) is 0 Å². The third-order valence-corrected chi connectivity index (χ3v) is 2.19. The molecule has 0 radical (unpaired) electrons. The minimum atomic E-state index is -1.31. The number of carbonyl (C=O) groups excluding carboxylic acids is 4. The number of ether oxygens (including phenoxy) is 4. The van der Waals surface area contributed by atoms with Gasteiger partial charge in [0.1, 0.15) is 6.61 Å². The predicted molar refractivity (Wildman–Crippen MR) is 72.1 cm³/mol. The fourth-order valence-corrected chi connectivity index (χ4v) is 1.51. The van der Waals surface area contributed by atoms with E-state index in [4.69, 9.17) is 25.4 Å². The second kappa shape index (κ2) is 9.39. The highest BCUT2D eigenvalue weighted by atomic mass is 16.6. The van der Waals surface area contributed by atoms with Crippen molar-refractivity contribution < 1.29 is 38.1 Å². The molecule has 0 spiro atoms. The fraction of sp³-hybridized carbons (Fsp3) is 0.571. The molecule has 122 valence electrons. The van der Waals surface area contributed by atoms with Crippen molar-refractivity contribution >= 4 is 23.9 Å². The van der Waals surface area contributed by atoms with Gasteiger partial charge < -0.3 is 18.9 Å². The molecule has 0 aromatic carbocycles. The summed E-state index contributed by atoms with van der Waals surface area (Å²) in [5, 5.41) is 0. The van der Waals surface area contributed by atoms with E-state index in [9.17, 15) is 19.2 Å². The first-order valence-corrected chi connectivity index (χ1v) is 6.28. The molecule has 0 saturated carbocycles. The molecule has 0 N–H and O–H groups in total. The van der Waals surface area contributed by atoms with E-state index in [1.165, 1.54) is 0 Å². The molecule has 0 unspecified atom stereocenters. The lowest BCUT2D eigenvalue weighted by atomic mass is 10.1. The van der Waals surface area contributed by atoms with Gasteiger partial charge in [-0.2, -0.15) is 0 Å². The largest absolute Gasteiger partial charge is 0.462 e. The van der Waals surface area contributed by atoms with Crippen molar-refractivity contribution in [3.8, 4) is 12.3 Å². The van der Waals surface area contributed by atoms with Crippen LogP contribution in [0.1, 0.15) is 27.7 Å². The standard InChI is InChI=1S/C14H18O8/c1-6-12(20-9(3)16)14(22-11(5)18)13(21-10(4)17)7-19-8(2)15/h1,12-14H,7H2,2-5H3/t12-,13+,14-/m0/s1. The molecule has 8 nitrogen and oxygen atoms in total. The number of rotatable bonds is 7. The van der Waals surface area contributed by atoms with Gasteiger partial charge in [0, 0.05) is 27.7 Å². The Hall–Kier alpha value is -2.56. The molecule has 0 amide bonds. The van der Waals surface area contributed by atoms with Crippen LogP contribution in [0.2, 0.25) is 0 Å². The van der Waals surface area contributed by atoms with Crippen LogP contribution in [0.4, 0.5) is 0 Å². The van der Waals surface area contributed by atoms with Crippen LogP contribution in [0.15, 0.2) is 0 Å². The maximum atomic E-state index is 11.2. The van der Waals surface area contributed by atoms with Gasteiger partial charge in [0.2, 0.25) is 6.10 Å². The summed E-state index contributed by atoms with van der Waals surface area (Å²) in [6.07, 6.45) is 1.42. The van der Waals surface area contributed by atoms with Gasteiger partial charge in [0.05, 0.1) is 0 Å². The fourth-order valence-electron chi connectivity index (χ4n) is 1.51. The van der Waals surface area contributed by atoms with E-state index in [1.54, 1.807) is 0 Å². The summed E-state index contributed by atoms with van der Waals surface area (Å²) < 4.78 is 19.5. The summed E-state index contributed by atoms with van der Waals surface area (Å²) >= 11 is 0. The van der Waals surface area contributed by atoms with Gasteiger partial charge >= 0.3 is 23.9 Å². The Morgan fingerprint density at radius 2 is 1.36 bits per heavy atom. The van der Waals surface area contributed by atoms with Crippen LogP contribution in [-0.4, -0.2) is 48.8 Å². The van der Waals surface area contributed by atoms with E-state index in [-0.39, 0.29) is 0 Å². The highest BCUT2D eigenvalue weighted by Crippen LogP contribution is 2.14. The third-order valence-electron chi connectivity index (χ3n) is 2.19. The van der Waals surface area contributed by atoms with Gasteiger partial charge in [-0.3, -0.25) is 19.2 Å². The summed E-state index contributed by atoms with van der Waals surface area (Å²) in [7, 11) is 0. The molecule has 8 heteroatoms. The molecule has 3 atom stereocenters. The zero-order valence-corrected chi connectivity index (χ0v) is 12.8. The average Bonchev–Trinajstić information content (AvgIpc) is 2.37. The number of terminal acetylenes is 1. The molecule has 0 heterocycles. The van der Waals surface area contributed by atoms with Gasteiger partial charge in [-0.25, -0.2) is 0 Å². The smallest absolute Gasteiger partial charge is 0.304 e. The maximum absolute atomic E-state index is 11.2. The SMILES string of the molecule is C#C[C@H](OC(C)=O)[C@H](OC(C)=O)[C@@H](COC(C)=O)OC(C)=O. The van der Waals surface area contributed by atoms with Crippen LogP contribution in [0.3, 0.4) is 0 Å². The van der Waals surface area contributed by atoms with Crippen molar-refractivity contribution in [1.29, 1.82) is 0 Å². The predicted octanol–water partition coefficient (Wildman–Crippen LogP) is -0.0222. The van der Waals surface area contributed by atoms with Crippen LogP contribution in [0.25, 0.3) is 0 Å². The minimum Gasteiger partial charge on any atom is -0.462 e. The van der Waals surface area contributed by atoms with Crippen LogP contribution in [-0.2, 0) is 38.1 Å². The van der Waals surface area contributed by atoms with Crippen molar-refractivity contribution in [1.82, 2.24) is 0 Å². The van der Waals surface area contributed by atoms with Crippen molar-refractivity contribution in [2.75, 3.05) is 6.61 Å². The Morgan fingerprint density at radius 3 is 1.73 bits per heavy atom. The van der Waals surface area contributed by atoms with Gasteiger partial charge in [0.15, 0.2) is 12.2 Å². The Kier molecular flexibility index (Phi) is 8.30. The van der Waals surface area contributed by atoms with Crippen molar-refractivity contribution in [3.05, 3.63) is 0 Å². The summed E-state index contributed by atoms with van der Waals surface area (Å²) in [5.41, 5.74) is 0. The molecule has 22 heavy (non-hydrogen) atoms. The van der Waals surface area contributed by atoms with Crippen molar-refractivity contribution in [3.63, 3.8) is 0 Å². The quantitative estimate of drug-likeness (QED) is 0.367. The molecule has 0 fully saturated rings. The normalized spacial score (nSPS) is 13.8. The zero-order valence-electron chi connectivity index (χ0n) is 12.8. The van der Waals surface area contributed by atoms with E-state index < -0.39 is 48.8 Å². The van der Waals surface area contributed by atoms with Crippen LogP contribution >= 0.6 is 0 Å². The first-order valence-electron chi connectivity index (χ1n) is 6.28. The molecular formula is C14H18O8. The number of esters is 4. The van der Waals surface area contributed by atoms with E-state index >= 15 is 0 Å². The van der Waals surface area contributed by atoms with Crippen LogP contribution in [0, 0.1) is 12.3 Å². The van der Waals surface area contributed by atoms with Gasteiger partial charge in [0.25, 0.3) is 0 Å². The molecule has 0 aliphatic carbocycles. The third kappa shape index (κ3) is 7.89. The summed E-state index contributed by atoms with van der Waals surface area (Å²) in [6, 6.07) is 0. The minimum absolute atomic E-state index is 0.410. The molecule has 0 aliphatic heterocycles. The van der Waals surface area contributed by atoms with Crippen molar-refractivity contribution in [2.24, 2.45) is 0 Å². The maximum Gasteiger partial charge on any atom is 0.304 e. The topological polar surface area (TPSA) is 105 Å². The Labute approximate surface area is 128 Å². The average molecular weight is 314 g/mol. The summed E-state index contributed by atoms with van der Waals surface area (Å²) in [5.74, 6) is -0.675. The first kappa shape index (κ1) is 19.4. The molecule has 0 rings (SSSR count). The number of carbonyl (C=O) groups is 4. The van der Waals surface area contributed by atoms with E-state index in [1.807, 2.05) is 0 Å². The highest BCUT2D eigenvalue weighted by Gasteiger charge is 2.36. The summed E-state index contributed by atoms with van der Waals surface area (Å²) in [4.78, 5) is 44.3. The molecular weight excluding hydrogens is 296 g/mol. The van der Waals surface area contributed by atoms with E-state index in [0.29, 0.717) is 0 Å². The van der Waals surface area contributed by atoms with Crippen LogP contribution in [0.5, 0.6) is 0 Å². The first-order chi connectivity index (χ1) is 10.2. The number of hydrogen-bond acceptors (Lipinski definition) is 8. The lowest BCUT2D eigenvalue weighted by Crippen LogP contribution is -2.46. The molecule has 0 aliphatic rings. The highest BCUT2D eigenvalue weighted by molar-refractivity contribution is 5.69. The lowest BCUT2D eigenvalue weighted by Gasteiger charge is -2.29. The monoisotopic (exact) mass is 314 g/mol. The Morgan fingerprint density at radius 1 is 0.864 bits per heavy atom. The second-order valence-corrected chi connectivity index (χ2v) is 4.22. The number of hydrogen-bond donors (Lipinski definition) is 0. The van der Waals surface area contributed by atoms with E-state index in [0.717, 1.165) is 27.7 Å².